The first kappa shape index (κ1) is 17.7. The van der Waals surface area contributed by atoms with Crippen LogP contribution in [0.15, 0.2) is 48.5 Å². The molecule has 0 aliphatic carbocycles. The molecule has 0 unspecified atom stereocenters. The number of nitrogens with one attached hydrogen (secondary N) is 1. The number of anilines is 1. The predicted octanol–water partition coefficient (Wildman–Crippen LogP) is 3.56. The molecule has 0 fully saturated rings. The van der Waals surface area contributed by atoms with Crippen molar-refractivity contribution in [1.82, 2.24) is 0 Å². The van der Waals surface area contributed by atoms with E-state index in [0.29, 0.717) is 42.4 Å². The second-order valence-electron chi connectivity index (χ2n) is 5.13. The molecule has 0 aliphatic rings. The van der Waals surface area contributed by atoms with Crippen LogP contribution in [0.4, 0.5) is 5.69 Å². The van der Waals surface area contributed by atoms with Gasteiger partial charge >= 0.3 is 0 Å². The average Bonchev–Trinajstić information content (AvgIpc) is 2.59. The highest BCUT2D eigenvalue weighted by Crippen LogP contribution is 2.20. The predicted molar refractivity (Wildman–Crippen MR) is 92.8 cm³/mol. The van der Waals surface area contributed by atoms with Gasteiger partial charge in [-0.3, -0.25) is 9.59 Å². The molecule has 5 heteroatoms. The van der Waals surface area contributed by atoms with Gasteiger partial charge in [0.05, 0.1) is 12.2 Å². The van der Waals surface area contributed by atoms with Crippen LogP contribution in [0.2, 0.25) is 0 Å². The van der Waals surface area contributed by atoms with Crippen molar-refractivity contribution < 1.29 is 19.1 Å². The Morgan fingerprint density at radius 1 is 1.00 bits per heavy atom. The zero-order valence-electron chi connectivity index (χ0n) is 13.9. The monoisotopic (exact) mass is 327 g/mol. The zero-order valence-corrected chi connectivity index (χ0v) is 13.9. The lowest BCUT2D eigenvalue weighted by molar-refractivity contribution is 0.0996. The van der Waals surface area contributed by atoms with Gasteiger partial charge < -0.3 is 14.8 Å². The van der Waals surface area contributed by atoms with Crippen LogP contribution in [0.3, 0.4) is 0 Å². The number of hydrogen-bond acceptors (Lipinski definition) is 4. The third kappa shape index (κ3) is 4.93. The lowest BCUT2D eigenvalue weighted by atomic mass is 10.1. The molecule has 0 aromatic heterocycles. The number of carbonyl (C=O) groups is 2. The Balaban J connectivity index is 2.05. The van der Waals surface area contributed by atoms with E-state index in [4.69, 9.17) is 9.47 Å². The smallest absolute Gasteiger partial charge is 0.259 e. The van der Waals surface area contributed by atoms with Crippen molar-refractivity contribution in [3.8, 4) is 5.75 Å². The number of para-hydroxylation sites is 1. The molecule has 5 nitrogen and oxygen atoms in total. The van der Waals surface area contributed by atoms with Crippen LogP contribution >= 0.6 is 0 Å². The van der Waals surface area contributed by atoms with Crippen LogP contribution in [0.1, 0.15) is 34.6 Å². The maximum Gasteiger partial charge on any atom is 0.259 e. The largest absolute Gasteiger partial charge is 0.490 e. The van der Waals surface area contributed by atoms with E-state index in [0.717, 1.165) is 0 Å². The summed E-state index contributed by atoms with van der Waals surface area (Å²) < 4.78 is 10.8. The zero-order chi connectivity index (χ0) is 17.4. The third-order valence-corrected chi connectivity index (χ3v) is 3.37. The van der Waals surface area contributed by atoms with Gasteiger partial charge in [-0.1, -0.05) is 12.1 Å². The minimum Gasteiger partial charge on any atom is -0.490 e. The van der Waals surface area contributed by atoms with Crippen LogP contribution in [-0.4, -0.2) is 31.5 Å². The Morgan fingerprint density at radius 2 is 1.71 bits per heavy atom. The Hall–Kier alpha value is -2.66. The van der Waals surface area contributed by atoms with Gasteiger partial charge in [0.1, 0.15) is 12.4 Å². The molecular weight excluding hydrogens is 306 g/mol. The molecule has 1 amide bonds. The summed E-state index contributed by atoms with van der Waals surface area (Å²) in [6, 6.07) is 13.8. The van der Waals surface area contributed by atoms with Gasteiger partial charge in [0.25, 0.3) is 5.91 Å². The molecule has 126 valence electrons. The third-order valence-electron chi connectivity index (χ3n) is 3.37. The summed E-state index contributed by atoms with van der Waals surface area (Å²) in [6.45, 7) is 4.90. The molecule has 0 atom stereocenters. The van der Waals surface area contributed by atoms with Crippen molar-refractivity contribution in [2.45, 2.75) is 13.8 Å². The number of ether oxygens (including phenoxy) is 2. The van der Waals surface area contributed by atoms with Crippen molar-refractivity contribution in [2.24, 2.45) is 0 Å². The maximum atomic E-state index is 12.5. The number of amides is 1. The Bertz CT molecular complexity index is 695. The molecule has 0 spiro atoms. The van der Waals surface area contributed by atoms with E-state index in [1.807, 2.05) is 13.0 Å². The second-order valence-corrected chi connectivity index (χ2v) is 5.13. The second kappa shape index (κ2) is 8.84. The fraction of sp³-hybridized carbons (Fsp3) is 0.263. The van der Waals surface area contributed by atoms with Crippen LogP contribution in [0, 0.1) is 0 Å². The number of rotatable bonds is 8. The number of hydrogen-bond donors (Lipinski definition) is 1. The Kier molecular flexibility index (Phi) is 6.51. The molecule has 0 heterocycles. The summed E-state index contributed by atoms with van der Waals surface area (Å²) in [7, 11) is 0. The van der Waals surface area contributed by atoms with Gasteiger partial charge in [-0.15, -0.1) is 0 Å². The molecule has 0 radical (unpaired) electrons. The first-order valence-corrected chi connectivity index (χ1v) is 7.83. The minimum absolute atomic E-state index is 0.0130. The summed E-state index contributed by atoms with van der Waals surface area (Å²) in [5, 5.41) is 2.80. The van der Waals surface area contributed by atoms with Gasteiger partial charge in [-0.25, -0.2) is 0 Å². The van der Waals surface area contributed by atoms with E-state index >= 15 is 0 Å². The first-order valence-electron chi connectivity index (χ1n) is 7.83. The molecule has 0 saturated carbocycles. The average molecular weight is 327 g/mol. The van der Waals surface area contributed by atoms with Crippen LogP contribution < -0.4 is 10.1 Å². The molecule has 2 aromatic carbocycles. The van der Waals surface area contributed by atoms with Gasteiger partial charge in [0.15, 0.2) is 5.78 Å². The highest BCUT2D eigenvalue weighted by atomic mass is 16.5. The molecule has 24 heavy (non-hydrogen) atoms. The molecule has 2 aromatic rings. The number of carbonyl (C=O) groups excluding carboxylic acids is 2. The maximum absolute atomic E-state index is 12.5. The van der Waals surface area contributed by atoms with E-state index in [2.05, 4.69) is 5.32 Å². The lowest BCUT2D eigenvalue weighted by Crippen LogP contribution is -2.15. The summed E-state index contributed by atoms with van der Waals surface area (Å²) in [5.74, 6) is 0.230. The SMILES string of the molecule is CCOCCOc1ccccc1C(=O)Nc1ccc(C(C)=O)cc1. The molecule has 0 bridgehead atoms. The van der Waals surface area contributed by atoms with Crippen molar-refractivity contribution in [1.29, 1.82) is 0 Å². The molecule has 0 aliphatic heterocycles. The van der Waals surface area contributed by atoms with Crippen molar-refractivity contribution in [2.75, 3.05) is 25.1 Å². The van der Waals surface area contributed by atoms with Gasteiger partial charge in [0, 0.05) is 17.9 Å². The van der Waals surface area contributed by atoms with Gasteiger partial charge in [-0.05, 0) is 50.2 Å². The van der Waals surface area contributed by atoms with Crippen LogP contribution in [0.5, 0.6) is 5.75 Å². The van der Waals surface area contributed by atoms with E-state index in [1.54, 1.807) is 42.5 Å². The van der Waals surface area contributed by atoms with E-state index in [1.165, 1.54) is 6.92 Å². The van der Waals surface area contributed by atoms with E-state index in [9.17, 15) is 9.59 Å². The normalized spacial score (nSPS) is 10.2. The quantitative estimate of drug-likeness (QED) is 0.595. The molecular formula is C19H21NO4. The number of Topliss-reactive ketones (excluding diaryl/α,β-unsaturated/α-hetero) is 1. The van der Waals surface area contributed by atoms with Crippen molar-refractivity contribution in [3.63, 3.8) is 0 Å². The van der Waals surface area contributed by atoms with E-state index in [-0.39, 0.29) is 11.7 Å². The summed E-state index contributed by atoms with van der Waals surface area (Å²) in [5.41, 5.74) is 1.67. The fourth-order valence-electron chi connectivity index (χ4n) is 2.12. The minimum atomic E-state index is -0.266. The van der Waals surface area contributed by atoms with Gasteiger partial charge in [-0.2, -0.15) is 0 Å². The van der Waals surface area contributed by atoms with Crippen LogP contribution in [0.25, 0.3) is 0 Å². The van der Waals surface area contributed by atoms with Crippen molar-refractivity contribution in [3.05, 3.63) is 59.7 Å². The topological polar surface area (TPSA) is 64.6 Å². The Labute approximate surface area is 141 Å². The summed E-state index contributed by atoms with van der Waals surface area (Å²) in [6.07, 6.45) is 0. The van der Waals surface area contributed by atoms with Gasteiger partial charge in [0.2, 0.25) is 0 Å². The molecule has 0 saturated heterocycles. The van der Waals surface area contributed by atoms with E-state index < -0.39 is 0 Å². The van der Waals surface area contributed by atoms with Crippen molar-refractivity contribution >= 4 is 17.4 Å². The highest BCUT2D eigenvalue weighted by Gasteiger charge is 2.12. The highest BCUT2D eigenvalue weighted by molar-refractivity contribution is 6.06. The number of ketones is 1. The molecule has 2 rings (SSSR count). The Morgan fingerprint density at radius 3 is 2.38 bits per heavy atom. The molecule has 1 N–H and O–H groups in total. The standard InChI is InChI=1S/C19H21NO4/c1-3-23-12-13-24-18-7-5-4-6-17(18)19(22)20-16-10-8-15(9-11-16)14(2)21/h4-11H,3,12-13H2,1-2H3,(H,20,22). The first-order chi connectivity index (χ1) is 11.6. The fourth-order valence-corrected chi connectivity index (χ4v) is 2.12. The summed E-state index contributed by atoms with van der Waals surface area (Å²) in [4.78, 5) is 23.7. The number of benzene rings is 2. The lowest BCUT2D eigenvalue weighted by Gasteiger charge is -2.12. The summed E-state index contributed by atoms with van der Waals surface area (Å²) >= 11 is 0. The van der Waals surface area contributed by atoms with Crippen LogP contribution in [-0.2, 0) is 4.74 Å².